The molecule has 0 radical (unpaired) electrons. The summed E-state index contributed by atoms with van der Waals surface area (Å²) in [4.78, 5) is 13.5. The molecule has 0 spiro atoms. The predicted molar refractivity (Wildman–Crippen MR) is 111 cm³/mol. The van der Waals surface area contributed by atoms with E-state index < -0.39 is 66.8 Å². The number of hydrogen-bond donors (Lipinski definition) is 7. The summed E-state index contributed by atoms with van der Waals surface area (Å²) in [5.41, 5.74) is -0.0135. The number of ketones is 1. The number of aliphatic hydroxyl groups excluding tert-OH is 4. The fourth-order valence-corrected chi connectivity index (χ4v) is 3.99. The fraction of sp³-hybridized carbons (Fsp3) is 0.409. The van der Waals surface area contributed by atoms with E-state index in [2.05, 4.69) is 0 Å². The van der Waals surface area contributed by atoms with Crippen molar-refractivity contribution in [2.75, 3.05) is 13.7 Å². The summed E-state index contributed by atoms with van der Waals surface area (Å²) >= 11 is 0. The van der Waals surface area contributed by atoms with E-state index in [4.69, 9.17) is 18.9 Å². The van der Waals surface area contributed by atoms with E-state index in [1.54, 1.807) is 0 Å². The summed E-state index contributed by atoms with van der Waals surface area (Å²) in [5.74, 6) is -2.61. The third kappa shape index (κ3) is 4.00. The van der Waals surface area contributed by atoms with E-state index in [9.17, 15) is 40.5 Å². The van der Waals surface area contributed by atoms with Crippen LogP contribution in [-0.4, -0.2) is 92.1 Å². The van der Waals surface area contributed by atoms with Crippen molar-refractivity contribution in [3.05, 3.63) is 41.5 Å². The van der Waals surface area contributed by atoms with Crippen LogP contribution in [0.3, 0.4) is 0 Å². The quantitative estimate of drug-likeness (QED) is 0.285. The van der Waals surface area contributed by atoms with Crippen LogP contribution in [0.2, 0.25) is 0 Å². The first-order valence-electron chi connectivity index (χ1n) is 10.3. The molecule has 7 atom stereocenters. The third-order valence-electron chi connectivity index (χ3n) is 5.79. The van der Waals surface area contributed by atoms with Crippen LogP contribution in [-0.2, 0) is 9.47 Å². The molecule has 0 bridgehead atoms. The van der Waals surface area contributed by atoms with Crippen molar-refractivity contribution in [1.29, 1.82) is 0 Å². The lowest BCUT2D eigenvalue weighted by Crippen LogP contribution is -2.60. The topological polar surface area (TPSA) is 196 Å². The van der Waals surface area contributed by atoms with Gasteiger partial charge in [-0.3, -0.25) is 4.79 Å². The minimum atomic E-state index is -1.80. The second-order valence-corrected chi connectivity index (χ2v) is 7.90. The van der Waals surface area contributed by atoms with Gasteiger partial charge in [-0.15, -0.1) is 0 Å². The molecule has 2 heterocycles. The fourth-order valence-electron chi connectivity index (χ4n) is 3.99. The number of aromatic hydroxyl groups is 3. The lowest BCUT2D eigenvalue weighted by Gasteiger charge is -2.42. The largest absolute Gasteiger partial charge is 0.508 e. The molecule has 2 aliphatic rings. The van der Waals surface area contributed by atoms with Crippen LogP contribution in [0.15, 0.2) is 30.3 Å². The first-order chi connectivity index (χ1) is 16.2. The van der Waals surface area contributed by atoms with Crippen LogP contribution in [0.4, 0.5) is 0 Å². The van der Waals surface area contributed by atoms with Crippen LogP contribution in [0, 0.1) is 0 Å². The summed E-state index contributed by atoms with van der Waals surface area (Å²) in [6, 6.07) is 6.67. The molecule has 12 heteroatoms. The van der Waals surface area contributed by atoms with Crippen LogP contribution in [0.1, 0.15) is 22.0 Å². The van der Waals surface area contributed by atoms with Crippen LogP contribution in [0.25, 0.3) is 0 Å². The number of aliphatic hydroxyl groups is 4. The van der Waals surface area contributed by atoms with Gasteiger partial charge in [0.15, 0.2) is 30.0 Å². The van der Waals surface area contributed by atoms with Crippen LogP contribution < -0.4 is 9.47 Å². The summed E-state index contributed by atoms with van der Waals surface area (Å²) in [5, 5.41) is 70.2. The van der Waals surface area contributed by atoms with Gasteiger partial charge in [0.2, 0.25) is 11.5 Å². The number of methoxy groups -OCH3 is 1. The number of rotatable bonds is 5. The van der Waals surface area contributed by atoms with Gasteiger partial charge in [0, 0.05) is 6.07 Å². The van der Waals surface area contributed by atoms with Crippen molar-refractivity contribution in [1.82, 2.24) is 0 Å². The SMILES string of the molecule is COc1c(O)cc2c(c1O)C(=O)C(OC1OC(CO)C(O)C(O)C1O)C(c1ccc(O)cc1)O2. The standard InChI is InChI=1S/C22H24O12/c1-31-20-10(25)6-11-13(15(20)27)16(28)21(19(32-11)8-2-4-9(24)5-3-8)34-22-18(30)17(29)14(26)12(7-23)33-22/h2-6,12,14,17-19,21-27,29-30H,7H2,1H3. The lowest BCUT2D eigenvalue weighted by molar-refractivity contribution is -0.311. The van der Waals surface area contributed by atoms with E-state index in [1.807, 2.05) is 0 Å². The lowest BCUT2D eigenvalue weighted by atomic mass is 9.92. The molecule has 2 aromatic carbocycles. The van der Waals surface area contributed by atoms with Gasteiger partial charge in [0.25, 0.3) is 0 Å². The minimum Gasteiger partial charge on any atom is -0.508 e. The second kappa shape index (κ2) is 9.25. The number of benzene rings is 2. The molecule has 2 aromatic rings. The molecule has 4 rings (SSSR count). The molecule has 184 valence electrons. The Morgan fingerprint density at radius 3 is 2.29 bits per heavy atom. The van der Waals surface area contributed by atoms with E-state index in [0.29, 0.717) is 5.56 Å². The van der Waals surface area contributed by atoms with Gasteiger partial charge in [-0.25, -0.2) is 0 Å². The molecule has 7 unspecified atom stereocenters. The highest BCUT2D eigenvalue weighted by atomic mass is 16.7. The zero-order chi connectivity index (χ0) is 24.7. The number of phenolic OH excluding ortho intramolecular Hbond substituents is 3. The molecule has 0 saturated carbocycles. The maximum Gasteiger partial charge on any atom is 0.203 e. The Kier molecular flexibility index (Phi) is 6.53. The maximum atomic E-state index is 13.5. The Morgan fingerprint density at radius 2 is 1.68 bits per heavy atom. The average molecular weight is 480 g/mol. The highest BCUT2D eigenvalue weighted by Crippen LogP contribution is 2.49. The van der Waals surface area contributed by atoms with Crippen molar-refractivity contribution in [2.45, 2.75) is 42.9 Å². The first kappa shape index (κ1) is 24.0. The third-order valence-corrected chi connectivity index (χ3v) is 5.79. The average Bonchev–Trinajstić information content (AvgIpc) is 2.81. The Hall–Kier alpha value is -3.13. The van der Waals surface area contributed by atoms with Gasteiger partial charge in [-0.2, -0.15) is 0 Å². The molecule has 7 N–H and O–H groups in total. The van der Waals surface area contributed by atoms with Gasteiger partial charge < -0.3 is 54.7 Å². The molecule has 1 fully saturated rings. The smallest absolute Gasteiger partial charge is 0.203 e. The Bertz CT molecular complexity index is 1050. The number of fused-ring (bicyclic) bond motifs is 1. The minimum absolute atomic E-state index is 0.0577. The normalized spacial score (nSPS) is 31.0. The summed E-state index contributed by atoms with van der Waals surface area (Å²) in [6.07, 6.45) is -10.9. The molecule has 34 heavy (non-hydrogen) atoms. The van der Waals surface area contributed by atoms with Gasteiger partial charge in [-0.05, 0) is 17.7 Å². The summed E-state index contributed by atoms with van der Waals surface area (Å²) < 4.78 is 21.9. The first-order valence-corrected chi connectivity index (χ1v) is 10.3. The molecule has 12 nitrogen and oxygen atoms in total. The van der Waals surface area contributed by atoms with Crippen molar-refractivity contribution < 1.29 is 59.5 Å². The van der Waals surface area contributed by atoms with Gasteiger partial charge in [0.1, 0.15) is 41.5 Å². The number of hydrogen-bond acceptors (Lipinski definition) is 12. The molecule has 0 aromatic heterocycles. The van der Waals surface area contributed by atoms with E-state index in [-0.39, 0.29) is 22.8 Å². The summed E-state index contributed by atoms with van der Waals surface area (Å²) in [6.45, 7) is -0.707. The van der Waals surface area contributed by atoms with Crippen LogP contribution >= 0.6 is 0 Å². The highest BCUT2D eigenvalue weighted by Gasteiger charge is 2.49. The summed E-state index contributed by atoms with van der Waals surface area (Å²) in [7, 11) is 1.18. The Morgan fingerprint density at radius 1 is 1.00 bits per heavy atom. The molecule has 2 aliphatic heterocycles. The monoisotopic (exact) mass is 480 g/mol. The van der Waals surface area contributed by atoms with E-state index in [1.165, 1.54) is 31.4 Å². The van der Waals surface area contributed by atoms with E-state index in [0.717, 1.165) is 6.07 Å². The number of ether oxygens (including phenoxy) is 4. The molecule has 0 aliphatic carbocycles. The Labute approximate surface area is 192 Å². The number of Topliss-reactive ketones (excluding diaryl/α,β-unsaturated/α-hetero) is 1. The molecular weight excluding hydrogens is 456 g/mol. The number of carbonyl (C=O) groups excluding carboxylic acids is 1. The van der Waals surface area contributed by atoms with Crippen LogP contribution in [0.5, 0.6) is 28.7 Å². The second-order valence-electron chi connectivity index (χ2n) is 7.90. The predicted octanol–water partition coefficient (Wildman–Crippen LogP) is -0.687. The number of phenols is 3. The maximum absolute atomic E-state index is 13.5. The van der Waals surface area contributed by atoms with Crippen molar-refractivity contribution in [3.8, 4) is 28.7 Å². The zero-order valence-electron chi connectivity index (χ0n) is 17.8. The Balaban J connectivity index is 1.76. The van der Waals surface area contributed by atoms with Gasteiger partial charge in [0.05, 0.1) is 13.7 Å². The highest BCUT2D eigenvalue weighted by molar-refractivity contribution is 6.06. The van der Waals surface area contributed by atoms with E-state index >= 15 is 0 Å². The zero-order valence-corrected chi connectivity index (χ0v) is 17.8. The molecular formula is C22H24O12. The molecule has 1 saturated heterocycles. The number of carbonyl (C=O) groups is 1. The van der Waals surface area contributed by atoms with Crippen molar-refractivity contribution >= 4 is 5.78 Å². The van der Waals surface area contributed by atoms with Crippen molar-refractivity contribution in [3.63, 3.8) is 0 Å². The van der Waals surface area contributed by atoms with Crippen molar-refractivity contribution in [2.24, 2.45) is 0 Å². The molecule has 0 amide bonds. The van der Waals surface area contributed by atoms with Gasteiger partial charge in [-0.1, -0.05) is 12.1 Å². The van der Waals surface area contributed by atoms with Gasteiger partial charge >= 0.3 is 0 Å².